The van der Waals surface area contributed by atoms with Gasteiger partial charge >= 0.3 is 0 Å². The molecule has 2 aromatic carbocycles. The van der Waals surface area contributed by atoms with Gasteiger partial charge in [-0.25, -0.2) is 0 Å². The lowest BCUT2D eigenvalue weighted by atomic mass is 9.87. The molecule has 140 valence electrons. The molecular weight excluding hydrogens is 330 g/mol. The SMILES string of the molecule is COc1ccc(-c2ccc(CN3C[C@H](O)[C@@H](C)[C@H](O)[C@H]3CO)cc2)cc1. The minimum Gasteiger partial charge on any atom is -0.497 e. The van der Waals surface area contributed by atoms with Crippen molar-refractivity contribution in [3.63, 3.8) is 0 Å². The molecule has 0 aliphatic carbocycles. The Hall–Kier alpha value is -1.92. The number of ether oxygens (including phenoxy) is 1. The molecule has 3 rings (SSSR count). The molecule has 3 N–H and O–H groups in total. The van der Waals surface area contributed by atoms with Gasteiger partial charge in [-0.15, -0.1) is 0 Å². The smallest absolute Gasteiger partial charge is 0.118 e. The molecule has 2 aromatic rings. The summed E-state index contributed by atoms with van der Waals surface area (Å²) in [6.45, 7) is 2.72. The van der Waals surface area contributed by atoms with Gasteiger partial charge in [0, 0.05) is 19.0 Å². The average Bonchev–Trinajstić information content (AvgIpc) is 2.67. The first-order valence-corrected chi connectivity index (χ1v) is 8.98. The summed E-state index contributed by atoms with van der Waals surface area (Å²) >= 11 is 0. The molecule has 1 saturated heterocycles. The number of methoxy groups -OCH3 is 1. The quantitative estimate of drug-likeness (QED) is 0.762. The summed E-state index contributed by atoms with van der Waals surface area (Å²) in [6.07, 6.45) is -1.33. The first-order chi connectivity index (χ1) is 12.5. The first kappa shape index (κ1) is 18.9. The van der Waals surface area contributed by atoms with Crippen LogP contribution in [0.3, 0.4) is 0 Å². The van der Waals surface area contributed by atoms with Gasteiger partial charge in [0.25, 0.3) is 0 Å². The lowest BCUT2D eigenvalue weighted by molar-refractivity contribution is -0.105. The Kier molecular flexibility index (Phi) is 5.94. The van der Waals surface area contributed by atoms with Crippen LogP contribution in [0.15, 0.2) is 48.5 Å². The molecule has 5 heteroatoms. The summed E-state index contributed by atoms with van der Waals surface area (Å²) < 4.78 is 5.19. The topological polar surface area (TPSA) is 73.2 Å². The highest BCUT2D eigenvalue weighted by atomic mass is 16.5. The minimum absolute atomic E-state index is 0.123. The number of hydrogen-bond acceptors (Lipinski definition) is 5. The number of β-amino-alcohol motifs (C(OH)–C–C–N with tert-alkyl or cyclic N) is 1. The summed E-state index contributed by atoms with van der Waals surface area (Å²) in [4.78, 5) is 1.96. The van der Waals surface area contributed by atoms with Crippen LogP contribution >= 0.6 is 0 Å². The maximum absolute atomic E-state index is 10.3. The molecule has 0 radical (unpaired) electrons. The molecule has 0 aromatic heterocycles. The summed E-state index contributed by atoms with van der Waals surface area (Å²) in [5, 5.41) is 30.1. The molecule has 4 atom stereocenters. The fourth-order valence-electron chi connectivity index (χ4n) is 3.56. The molecule has 0 amide bonds. The van der Waals surface area contributed by atoms with Gasteiger partial charge in [0.15, 0.2) is 0 Å². The van der Waals surface area contributed by atoms with Gasteiger partial charge in [-0.3, -0.25) is 4.90 Å². The van der Waals surface area contributed by atoms with Crippen molar-refractivity contribution in [3.8, 4) is 16.9 Å². The molecule has 1 aliphatic rings. The predicted molar refractivity (Wildman–Crippen MR) is 101 cm³/mol. The van der Waals surface area contributed by atoms with Crippen LogP contribution in [-0.2, 0) is 6.54 Å². The largest absolute Gasteiger partial charge is 0.497 e. The third-order valence-electron chi connectivity index (χ3n) is 5.38. The van der Waals surface area contributed by atoms with E-state index in [0.29, 0.717) is 13.1 Å². The standard InChI is InChI=1S/C21H27NO4/c1-14-20(24)12-22(19(13-23)21(14)25)11-15-3-5-16(6-4-15)17-7-9-18(26-2)10-8-17/h3-10,14,19-21,23-25H,11-13H2,1-2H3/t14-,19-,20+,21+/m1/s1. The van der Waals surface area contributed by atoms with Crippen molar-refractivity contribution in [2.75, 3.05) is 20.3 Å². The molecule has 1 fully saturated rings. The van der Waals surface area contributed by atoms with E-state index >= 15 is 0 Å². The second-order valence-corrected chi connectivity index (χ2v) is 7.02. The molecule has 0 saturated carbocycles. The molecule has 0 unspecified atom stereocenters. The van der Waals surface area contributed by atoms with Crippen LogP contribution in [0.4, 0.5) is 0 Å². The summed E-state index contributed by atoms with van der Waals surface area (Å²) in [6, 6.07) is 15.8. The van der Waals surface area contributed by atoms with E-state index in [0.717, 1.165) is 22.4 Å². The highest BCUT2D eigenvalue weighted by Crippen LogP contribution is 2.27. The normalized spacial score (nSPS) is 26.7. The number of aliphatic hydroxyl groups is 3. The van der Waals surface area contributed by atoms with Gasteiger partial charge in [-0.05, 0) is 28.8 Å². The maximum Gasteiger partial charge on any atom is 0.118 e. The lowest BCUT2D eigenvalue weighted by Gasteiger charge is -2.44. The van der Waals surface area contributed by atoms with Crippen molar-refractivity contribution in [1.29, 1.82) is 0 Å². The average molecular weight is 357 g/mol. The Morgan fingerprint density at radius 2 is 1.58 bits per heavy atom. The lowest BCUT2D eigenvalue weighted by Crippen LogP contribution is -2.58. The van der Waals surface area contributed by atoms with Crippen LogP contribution in [0.5, 0.6) is 5.75 Å². The van der Waals surface area contributed by atoms with Gasteiger partial charge < -0.3 is 20.1 Å². The summed E-state index contributed by atoms with van der Waals surface area (Å²) in [7, 11) is 1.65. The second kappa shape index (κ2) is 8.18. The van der Waals surface area contributed by atoms with Gasteiger partial charge in [-0.2, -0.15) is 0 Å². The zero-order chi connectivity index (χ0) is 18.7. The number of nitrogens with zero attached hydrogens (tertiary/aromatic N) is 1. The number of hydrogen-bond donors (Lipinski definition) is 3. The van der Waals surface area contributed by atoms with E-state index < -0.39 is 12.2 Å². The Bertz CT molecular complexity index is 701. The van der Waals surface area contributed by atoms with E-state index in [2.05, 4.69) is 12.1 Å². The predicted octanol–water partition coefficient (Wildman–Crippen LogP) is 1.90. The van der Waals surface area contributed by atoms with Crippen molar-refractivity contribution >= 4 is 0 Å². The van der Waals surface area contributed by atoms with Gasteiger partial charge in [0.2, 0.25) is 0 Å². The Labute approximate surface area is 154 Å². The number of piperidine rings is 1. The molecule has 5 nitrogen and oxygen atoms in total. The third-order valence-corrected chi connectivity index (χ3v) is 5.38. The van der Waals surface area contributed by atoms with E-state index in [1.165, 1.54) is 0 Å². The minimum atomic E-state index is -0.734. The zero-order valence-corrected chi connectivity index (χ0v) is 15.2. The summed E-state index contributed by atoms with van der Waals surface area (Å²) in [5.41, 5.74) is 3.31. The van der Waals surface area contributed by atoms with E-state index in [4.69, 9.17) is 4.74 Å². The Morgan fingerprint density at radius 3 is 2.12 bits per heavy atom. The number of likely N-dealkylation sites (tertiary alicyclic amines) is 1. The van der Waals surface area contributed by atoms with E-state index in [1.54, 1.807) is 7.11 Å². The van der Waals surface area contributed by atoms with Crippen molar-refractivity contribution in [3.05, 3.63) is 54.1 Å². The fraction of sp³-hybridized carbons (Fsp3) is 0.429. The number of rotatable bonds is 5. The Balaban J connectivity index is 1.72. The highest BCUT2D eigenvalue weighted by molar-refractivity contribution is 5.64. The molecule has 26 heavy (non-hydrogen) atoms. The van der Waals surface area contributed by atoms with Crippen LogP contribution in [0.2, 0.25) is 0 Å². The van der Waals surface area contributed by atoms with Crippen molar-refractivity contribution in [2.45, 2.75) is 31.7 Å². The van der Waals surface area contributed by atoms with Gasteiger partial charge in [0.1, 0.15) is 5.75 Å². The number of benzene rings is 2. The van der Waals surface area contributed by atoms with Crippen LogP contribution in [0.25, 0.3) is 11.1 Å². The van der Waals surface area contributed by atoms with Crippen molar-refractivity contribution < 1.29 is 20.1 Å². The fourth-order valence-corrected chi connectivity index (χ4v) is 3.56. The van der Waals surface area contributed by atoms with Crippen LogP contribution in [0.1, 0.15) is 12.5 Å². The van der Waals surface area contributed by atoms with Gasteiger partial charge in [-0.1, -0.05) is 43.3 Å². The van der Waals surface area contributed by atoms with Crippen LogP contribution < -0.4 is 4.74 Å². The molecule has 1 heterocycles. The van der Waals surface area contributed by atoms with E-state index in [-0.39, 0.29) is 18.6 Å². The van der Waals surface area contributed by atoms with Crippen molar-refractivity contribution in [1.82, 2.24) is 4.90 Å². The van der Waals surface area contributed by atoms with Gasteiger partial charge in [0.05, 0.1) is 32.0 Å². The molecule has 0 spiro atoms. The molecule has 0 bridgehead atoms. The Morgan fingerprint density at radius 1 is 1.00 bits per heavy atom. The third kappa shape index (κ3) is 3.91. The summed E-state index contributed by atoms with van der Waals surface area (Å²) in [5.74, 6) is 0.595. The van der Waals surface area contributed by atoms with E-state index in [1.807, 2.05) is 48.2 Å². The molecular formula is C21H27NO4. The maximum atomic E-state index is 10.3. The first-order valence-electron chi connectivity index (χ1n) is 8.98. The molecule has 1 aliphatic heterocycles. The van der Waals surface area contributed by atoms with E-state index in [9.17, 15) is 15.3 Å². The van der Waals surface area contributed by atoms with Crippen LogP contribution in [-0.4, -0.2) is 58.7 Å². The monoisotopic (exact) mass is 357 g/mol. The number of aliphatic hydroxyl groups excluding tert-OH is 3. The van der Waals surface area contributed by atoms with Crippen LogP contribution in [0, 0.1) is 5.92 Å². The second-order valence-electron chi connectivity index (χ2n) is 7.02. The van der Waals surface area contributed by atoms with Crippen molar-refractivity contribution in [2.24, 2.45) is 5.92 Å². The highest BCUT2D eigenvalue weighted by Gasteiger charge is 2.39. The zero-order valence-electron chi connectivity index (χ0n) is 15.2.